The lowest BCUT2D eigenvalue weighted by Crippen LogP contribution is -1.90. The largest absolute Gasteiger partial charge is 0.298 e. The molecule has 2 rings (SSSR count). The quantitative estimate of drug-likeness (QED) is 0.426. The first-order valence-electron chi connectivity index (χ1n) is 4.35. The monoisotopic (exact) mass is 201 g/mol. The Hall–Kier alpha value is -2.23. The van der Waals surface area contributed by atoms with Crippen LogP contribution < -0.4 is 0 Å². The van der Waals surface area contributed by atoms with Gasteiger partial charge in [-0.05, 0) is 11.5 Å². The molecule has 0 amide bonds. The molecule has 74 valence electrons. The second-order valence-electron chi connectivity index (χ2n) is 3.13. The lowest BCUT2D eigenvalue weighted by molar-refractivity contribution is -0.383. The van der Waals surface area contributed by atoms with Gasteiger partial charge in [0.1, 0.15) is 6.29 Å². The van der Waals surface area contributed by atoms with Gasteiger partial charge in [-0.25, -0.2) is 0 Å². The Morgan fingerprint density at radius 3 is 2.67 bits per heavy atom. The Balaban J connectivity index is 2.81. The second-order valence-corrected chi connectivity index (χ2v) is 3.13. The van der Waals surface area contributed by atoms with Crippen LogP contribution in [-0.4, -0.2) is 11.2 Å². The Labute approximate surface area is 85.3 Å². The third kappa shape index (κ3) is 1.57. The summed E-state index contributed by atoms with van der Waals surface area (Å²) in [5.74, 6) is 0. The number of nitrogens with zero attached hydrogens (tertiary/aromatic N) is 1. The van der Waals surface area contributed by atoms with Gasteiger partial charge < -0.3 is 0 Å². The molecule has 0 N–H and O–H groups in total. The average Bonchev–Trinajstić information content (AvgIpc) is 2.27. The van der Waals surface area contributed by atoms with Crippen LogP contribution in [0.2, 0.25) is 0 Å². The molecule has 4 nitrogen and oxygen atoms in total. The smallest absolute Gasteiger partial charge is 0.277 e. The van der Waals surface area contributed by atoms with Gasteiger partial charge in [-0.3, -0.25) is 14.9 Å². The van der Waals surface area contributed by atoms with Crippen molar-refractivity contribution in [3.8, 4) is 0 Å². The van der Waals surface area contributed by atoms with E-state index in [4.69, 9.17) is 0 Å². The summed E-state index contributed by atoms with van der Waals surface area (Å²) in [6.45, 7) is 0. The standard InChI is InChI=1S/C11H7NO3/c13-7-8-4-5-9-2-1-3-11(12(14)15)10(9)6-8/h1-7H. The Kier molecular flexibility index (Phi) is 2.17. The van der Waals surface area contributed by atoms with Crippen molar-refractivity contribution in [2.75, 3.05) is 0 Å². The molecule has 2 aromatic carbocycles. The molecule has 0 aliphatic carbocycles. The topological polar surface area (TPSA) is 60.2 Å². The van der Waals surface area contributed by atoms with E-state index in [9.17, 15) is 14.9 Å². The summed E-state index contributed by atoms with van der Waals surface area (Å²) in [5.41, 5.74) is 0.466. The van der Waals surface area contributed by atoms with E-state index in [0.29, 0.717) is 17.2 Å². The Bertz CT molecular complexity index is 549. The minimum Gasteiger partial charge on any atom is -0.298 e. The molecular formula is C11H7NO3. The molecule has 0 fully saturated rings. The first-order valence-corrected chi connectivity index (χ1v) is 4.35. The predicted octanol–water partition coefficient (Wildman–Crippen LogP) is 2.56. The van der Waals surface area contributed by atoms with Crippen molar-refractivity contribution in [1.82, 2.24) is 0 Å². The zero-order valence-corrected chi connectivity index (χ0v) is 7.71. The number of nitro benzene ring substituents is 1. The van der Waals surface area contributed by atoms with Crippen molar-refractivity contribution >= 4 is 22.7 Å². The number of nitro groups is 1. The summed E-state index contributed by atoms with van der Waals surface area (Å²) in [6, 6.07) is 9.69. The molecule has 0 aliphatic rings. The van der Waals surface area contributed by atoms with E-state index in [0.717, 1.165) is 5.39 Å². The molecule has 0 unspecified atom stereocenters. The van der Waals surface area contributed by atoms with E-state index in [2.05, 4.69) is 0 Å². The van der Waals surface area contributed by atoms with E-state index in [-0.39, 0.29) is 5.69 Å². The van der Waals surface area contributed by atoms with Crippen molar-refractivity contribution in [3.05, 3.63) is 52.1 Å². The first kappa shape index (κ1) is 9.33. The summed E-state index contributed by atoms with van der Waals surface area (Å²) in [5, 5.41) is 12.0. The molecule has 0 radical (unpaired) electrons. The fourth-order valence-electron chi connectivity index (χ4n) is 1.51. The number of fused-ring (bicyclic) bond motifs is 1. The van der Waals surface area contributed by atoms with Crippen LogP contribution in [0.1, 0.15) is 10.4 Å². The van der Waals surface area contributed by atoms with Crippen LogP contribution in [0, 0.1) is 10.1 Å². The highest BCUT2D eigenvalue weighted by Gasteiger charge is 2.10. The summed E-state index contributed by atoms with van der Waals surface area (Å²) < 4.78 is 0. The maximum atomic E-state index is 10.7. The summed E-state index contributed by atoms with van der Waals surface area (Å²) in [6.07, 6.45) is 0.677. The van der Waals surface area contributed by atoms with Crippen molar-refractivity contribution in [1.29, 1.82) is 0 Å². The van der Waals surface area contributed by atoms with Crippen LogP contribution in [0.25, 0.3) is 10.8 Å². The van der Waals surface area contributed by atoms with Crippen LogP contribution in [0.5, 0.6) is 0 Å². The van der Waals surface area contributed by atoms with Crippen LogP contribution in [0.3, 0.4) is 0 Å². The van der Waals surface area contributed by atoms with E-state index in [1.165, 1.54) is 12.1 Å². The molecule has 2 aromatic rings. The van der Waals surface area contributed by atoms with Crippen LogP contribution in [0.15, 0.2) is 36.4 Å². The van der Waals surface area contributed by atoms with Crippen molar-refractivity contribution < 1.29 is 9.72 Å². The van der Waals surface area contributed by atoms with Crippen LogP contribution in [0.4, 0.5) is 5.69 Å². The van der Waals surface area contributed by atoms with Gasteiger partial charge in [-0.2, -0.15) is 0 Å². The molecule has 0 saturated heterocycles. The number of hydrogen-bond acceptors (Lipinski definition) is 3. The van der Waals surface area contributed by atoms with Gasteiger partial charge in [0.25, 0.3) is 5.69 Å². The molecule has 0 aliphatic heterocycles. The summed E-state index contributed by atoms with van der Waals surface area (Å²) in [4.78, 5) is 20.8. The number of non-ortho nitro benzene ring substituents is 1. The zero-order valence-electron chi connectivity index (χ0n) is 7.71. The minimum atomic E-state index is -0.448. The second kappa shape index (κ2) is 3.49. The van der Waals surface area contributed by atoms with Gasteiger partial charge in [-0.15, -0.1) is 0 Å². The fourth-order valence-corrected chi connectivity index (χ4v) is 1.51. The third-order valence-corrected chi connectivity index (χ3v) is 2.22. The highest BCUT2D eigenvalue weighted by atomic mass is 16.6. The maximum Gasteiger partial charge on any atom is 0.277 e. The molecule has 0 aromatic heterocycles. The van der Waals surface area contributed by atoms with Crippen molar-refractivity contribution in [3.63, 3.8) is 0 Å². The minimum absolute atomic E-state index is 0.0243. The summed E-state index contributed by atoms with van der Waals surface area (Å²) >= 11 is 0. The fraction of sp³-hybridized carbons (Fsp3) is 0. The Morgan fingerprint density at radius 2 is 2.00 bits per heavy atom. The molecule has 0 heterocycles. The molecule has 4 heteroatoms. The van der Waals surface area contributed by atoms with Crippen LogP contribution in [-0.2, 0) is 0 Å². The highest BCUT2D eigenvalue weighted by molar-refractivity contribution is 5.94. The van der Waals surface area contributed by atoms with E-state index in [1.807, 2.05) is 0 Å². The number of carbonyl (C=O) groups excluding carboxylic acids is 1. The number of benzene rings is 2. The number of aldehydes is 1. The molecule has 0 spiro atoms. The normalized spacial score (nSPS) is 10.1. The number of hydrogen-bond donors (Lipinski definition) is 0. The SMILES string of the molecule is O=Cc1ccc2cccc([N+](=O)[O-])c2c1. The van der Waals surface area contributed by atoms with Crippen LogP contribution >= 0.6 is 0 Å². The molecular weight excluding hydrogens is 194 g/mol. The maximum absolute atomic E-state index is 10.7. The molecule has 0 saturated carbocycles. The number of carbonyl (C=O) groups is 1. The van der Waals surface area contributed by atoms with E-state index < -0.39 is 4.92 Å². The van der Waals surface area contributed by atoms with E-state index in [1.54, 1.807) is 24.3 Å². The average molecular weight is 201 g/mol. The highest BCUT2D eigenvalue weighted by Crippen LogP contribution is 2.25. The molecule has 0 bridgehead atoms. The van der Waals surface area contributed by atoms with E-state index >= 15 is 0 Å². The van der Waals surface area contributed by atoms with Gasteiger partial charge in [-0.1, -0.05) is 24.3 Å². The first-order chi connectivity index (χ1) is 7.22. The van der Waals surface area contributed by atoms with Crippen molar-refractivity contribution in [2.45, 2.75) is 0 Å². The molecule has 0 atom stereocenters. The lowest BCUT2D eigenvalue weighted by atomic mass is 10.1. The Morgan fingerprint density at radius 1 is 1.20 bits per heavy atom. The third-order valence-electron chi connectivity index (χ3n) is 2.22. The molecule has 15 heavy (non-hydrogen) atoms. The van der Waals surface area contributed by atoms with Gasteiger partial charge >= 0.3 is 0 Å². The van der Waals surface area contributed by atoms with Gasteiger partial charge in [0.2, 0.25) is 0 Å². The van der Waals surface area contributed by atoms with Gasteiger partial charge in [0.15, 0.2) is 0 Å². The summed E-state index contributed by atoms with van der Waals surface area (Å²) in [7, 11) is 0. The van der Waals surface area contributed by atoms with Crippen molar-refractivity contribution in [2.24, 2.45) is 0 Å². The zero-order chi connectivity index (χ0) is 10.8. The predicted molar refractivity (Wildman–Crippen MR) is 56.0 cm³/mol. The van der Waals surface area contributed by atoms with Gasteiger partial charge in [0, 0.05) is 11.6 Å². The number of rotatable bonds is 2. The lowest BCUT2D eigenvalue weighted by Gasteiger charge is -1.99. The van der Waals surface area contributed by atoms with Gasteiger partial charge in [0.05, 0.1) is 10.3 Å².